The molecular weight excluding hydrogens is 464 g/mol. The molecule has 4 aromatic rings. The van der Waals surface area contributed by atoms with Crippen molar-refractivity contribution in [2.24, 2.45) is 0 Å². The number of aromatic nitrogens is 1. The maximum absolute atomic E-state index is 13.7. The van der Waals surface area contributed by atoms with Crippen LogP contribution in [-0.4, -0.2) is 54.1 Å². The van der Waals surface area contributed by atoms with Gasteiger partial charge in [0.25, 0.3) is 0 Å². The van der Waals surface area contributed by atoms with Crippen molar-refractivity contribution < 1.29 is 14.3 Å². The molecule has 1 atom stereocenters. The smallest absolute Gasteiger partial charge is 0.408 e. The highest BCUT2D eigenvalue weighted by Gasteiger charge is 2.30. The average Bonchev–Trinajstić information content (AvgIpc) is 3.34. The minimum Gasteiger partial charge on any atom is -0.445 e. The van der Waals surface area contributed by atoms with Crippen LogP contribution in [0.2, 0.25) is 0 Å². The molecule has 0 aliphatic carbocycles. The van der Waals surface area contributed by atoms with Crippen LogP contribution in [-0.2, 0) is 22.6 Å². The molecule has 7 nitrogen and oxygen atoms in total. The van der Waals surface area contributed by atoms with Crippen molar-refractivity contribution in [1.82, 2.24) is 15.2 Å². The number of amides is 2. The van der Waals surface area contributed by atoms with Gasteiger partial charge in [-0.3, -0.25) is 4.79 Å². The summed E-state index contributed by atoms with van der Waals surface area (Å²) in [7, 11) is 0. The maximum atomic E-state index is 13.7. The van der Waals surface area contributed by atoms with E-state index in [1.54, 1.807) is 0 Å². The number of carbonyl (C=O) groups excluding carboxylic acids is 2. The molecule has 1 aliphatic heterocycles. The van der Waals surface area contributed by atoms with Crippen LogP contribution >= 0.6 is 0 Å². The first-order chi connectivity index (χ1) is 18.1. The number of piperazine rings is 1. The van der Waals surface area contributed by atoms with E-state index in [1.165, 1.54) is 11.3 Å². The number of nitrogens with one attached hydrogen (secondary N) is 2. The third kappa shape index (κ3) is 5.94. The zero-order chi connectivity index (χ0) is 25.6. The zero-order valence-electron chi connectivity index (χ0n) is 21.0. The van der Waals surface area contributed by atoms with Gasteiger partial charge in [-0.2, -0.15) is 0 Å². The summed E-state index contributed by atoms with van der Waals surface area (Å²) < 4.78 is 5.45. The molecule has 5 rings (SSSR count). The number of alkyl carbamates (subject to hydrolysis) is 1. The normalized spacial score (nSPS) is 14.4. The van der Waals surface area contributed by atoms with Crippen molar-refractivity contribution in [2.75, 3.05) is 31.1 Å². The van der Waals surface area contributed by atoms with E-state index in [9.17, 15) is 9.59 Å². The molecule has 37 heavy (non-hydrogen) atoms. The van der Waals surface area contributed by atoms with Crippen LogP contribution in [0.3, 0.4) is 0 Å². The maximum Gasteiger partial charge on any atom is 0.408 e. The number of hydrogen-bond acceptors (Lipinski definition) is 4. The summed E-state index contributed by atoms with van der Waals surface area (Å²) in [5.74, 6) is -0.0918. The molecule has 190 valence electrons. The fourth-order valence-electron chi connectivity index (χ4n) is 4.86. The molecule has 0 bridgehead atoms. The largest absolute Gasteiger partial charge is 0.445 e. The van der Waals surface area contributed by atoms with Gasteiger partial charge in [0.1, 0.15) is 12.6 Å². The number of ether oxygens (including phenoxy) is 1. The van der Waals surface area contributed by atoms with Crippen molar-refractivity contribution >= 4 is 28.6 Å². The lowest BCUT2D eigenvalue weighted by Gasteiger charge is -2.37. The molecule has 1 aliphatic rings. The lowest BCUT2D eigenvalue weighted by Crippen LogP contribution is -2.55. The van der Waals surface area contributed by atoms with Crippen molar-refractivity contribution in [3.63, 3.8) is 0 Å². The first kappa shape index (κ1) is 24.4. The summed E-state index contributed by atoms with van der Waals surface area (Å²) in [4.78, 5) is 33.9. The molecule has 3 aromatic carbocycles. The summed E-state index contributed by atoms with van der Waals surface area (Å²) in [5.41, 5.74) is 5.26. The molecule has 0 saturated carbocycles. The Bertz CT molecular complexity index is 1360. The number of benzene rings is 3. The van der Waals surface area contributed by atoms with Crippen LogP contribution < -0.4 is 10.2 Å². The second kappa shape index (κ2) is 11.2. The van der Waals surface area contributed by atoms with Crippen molar-refractivity contribution in [3.8, 4) is 0 Å². The van der Waals surface area contributed by atoms with Crippen molar-refractivity contribution in [2.45, 2.75) is 26.0 Å². The van der Waals surface area contributed by atoms with Gasteiger partial charge in [0.2, 0.25) is 5.91 Å². The molecule has 0 unspecified atom stereocenters. The van der Waals surface area contributed by atoms with E-state index in [4.69, 9.17) is 4.74 Å². The van der Waals surface area contributed by atoms with Gasteiger partial charge in [-0.05, 0) is 41.8 Å². The van der Waals surface area contributed by atoms with Gasteiger partial charge in [0.15, 0.2) is 0 Å². The lowest BCUT2D eigenvalue weighted by molar-refractivity contribution is -0.133. The number of H-pyrrole nitrogens is 1. The van der Waals surface area contributed by atoms with Crippen LogP contribution in [0, 0.1) is 6.92 Å². The van der Waals surface area contributed by atoms with E-state index in [1.807, 2.05) is 65.7 Å². The van der Waals surface area contributed by atoms with E-state index in [2.05, 4.69) is 46.4 Å². The molecule has 2 amide bonds. The number of aryl methyl sites for hydroxylation is 1. The molecule has 2 N–H and O–H groups in total. The first-order valence-corrected chi connectivity index (χ1v) is 12.7. The number of carbonyl (C=O) groups is 2. The number of nitrogens with zero attached hydrogens (tertiary/aromatic N) is 2. The van der Waals surface area contributed by atoms with E-state index in [-0.39, 0.29) is 12.5 Å². The third-order valence-electron chi connectivity index (χ3n) is 6.86. The number of aromatic amines is 1. The molecule has 0 spiro atoms. The Morgan fingerprint density at radius 2 is 1.70 bits per heavy atom. The Balaban J connectivity index is 1.28. The average molecular weight is 497 g/mol. The van der Waals surface area contributed by atoms with Crippen molar-refractivity contribution in [3.05, 3.63) is 102 Å². The van der Waals surface area contributed by atoms with Crippen LogP contribution in [0.15, 0.2) is 85.1 Å². The Morgan fingerprint density at radius 3 is 2.49 bits per heavy atom. The predicted octanol–water partition coefficient (Wildman–Crippen LogP) is 4.66. The second-order valence-electron chi connectivity index (χ2n) is 9.47. The van der Waals surface area contributed by atoms with Gasteiger partial charge < -0.3 is 24.8 Å². The fraction of sp³-hybridized carbons (Fsp3) is 0.267. The van der Waals surface area contributed by atoms with Gasteiger partial charge in [0.05, 0.1) is 0 Å². The first-order valence-electron chi connectivity index (χ1n) is 12.7. The van der Waals surface area contributed by atoms with E-state index < -0.39 is 12.1 Å². The van der Waals surface area contributed by atoms with Crippen LogP contribution in [0.1, 0.15) is 16.7 Å². The number of fused-ring (bicyclic) bond motifs is 1. The molecule has 1 saturated heterocycles. The van der Waals surface area contributed by atoms with Gasteiger partial charge >= 0.3 is 6.09 Å². The fourth-order valence-corrected chi connectivity index (χ4v) is 4.86. The minimum absolute atomic E-state index is 0.0918. The molecule has 2 heterocycles. The number of rotatable bonds is 7. The molecular formula is C30H32N4O3. The highest BCUT2D eigenvalue weighted by molar-refractivity contribution is 5.88. The number of hydrogen-bond donors (Lipinski definition) is 2. The summed E-state index contributed by atoms with van der Waals surface area (Å²) in [6, 6.07) is 25.2. The quantitative estimate of drug-likeness (QED) is 0.390. The Hall–Kier alpha value is -4.26. The van der Waals surface area contributed by atoms with Crippen LogP contribution in [0.5, 0.6) is 0 Å². The molecule has 1 fully saturated rings. The monoisotopic (exact) mass is 496 g/mol. The topological polar surface area (TPSA) is 77.7 Å². The minimum atomic E-state index is -0.729. The van der Waals surface area contributed by atoms with Crippen LogP contribution in [0.4, 0.5) is 10.5 Å². The molecule has 1 aromatic heterocycles. The predicted molar refractivity (Wildman–Crippen MR) is 146 cm³/mol. The highest BCUT2D eigenvalue weighted by atomic mass is 16.5. The van der Waals surface area contributed by atoms with E-state index in [0.717, 1.165) is 35.1 Å². The van der Waals surface area contributed by atoms with Gasteiger partial charge in [0, 0.05) is 55.4 Å². The molecule has 0 radical (unpaired) electrons. The SMILES string of the molecule is Cc1cccc(N2CCN(C(=O)[C@H](Cc3c[nH]c4ccccc34)NC(=O)OCc3ccccc3)CC2)c1. The van der Waals surface area contributed by atoms with Gasteiger partial charge in [-0.1, -0.05) is 60.7 Å². The Kier molecular flexibility index (Phi) is 7.40. The lowest BCUT2D eigenvalue weighted by atomic mass is 10.0. The highest BCUT2D eigenvalue weighted by Crippen LogP contribution is 2.21. The van der Waals surface area contributed by atoms with Crippen LogP contribution in [0.25, 0.3) is 10.9 Å². The summed E-state index contributed by atoms with van der Waals surface area (Å²) in [5, 5.41) is 3.90. The van der Waals surface area contributed by atoms with E-state index >= 15 is 0 Å². The Labute approximate surface area is 217 Å². The summed E-state index contributed by atoms with van der Waals surface area (Å²) >= 11 is 0. The standard InChI is InChI=1S/C30H32N4O3/c1-22-8-7-11-25(18-22)33-14-16-34(17-15-33)29(35)28(19-24-20-31-27-13-6-5-12-26(24)27)32-30(36)37-21-23-9-3-2-4-10-23/h2-13,18,20,28,31H,14-17,19,21H2,1H3,(H,32,36)/t28-/m0/s1. The van der Waals surface area contributed by atoms with Crippen molar-refractivity contribution in [1.29, 1.82) is 0 Å². The van der Waals surface area contributed by atoms with E-state index in [0.29, 0.717) is 19.5 Å². The summed E-state index contributed by atoms with van der Waals surface area (Å²) in [6.45, 7) is 4.91. The number of anilines is 1. The zero-order valence-corrected chi connectivity index (χ0v) is 21.0. The van der Waals surface area contributed by atoms with Gasteiger partial charge in [-0.15, -0.1) is 0 Å². The molecule has 7 heteroatoms. The second-order valence-corrected chi connectivity index (χ2v) is 9.47. The Morgan fingerprint density at radius 1 is 0.946 bits per heavy atom. The number of para-hydroxylation sites is 1. The van der Waals surface area contributed by atoms with Gasteiger partial charge in [-0.25, -0.2) is 4.79 Å². The third-order valence-corrected chi connectivity index (χ3v) is 6.86. The summed E-state index contributed by atoms with van der Waals surface area (Å²) in [6.07, 6.45) is 1.69.